The third-order valence-corrected chi connectivity index (χ3v) is 3.87. The maximum atomic E-state index is 12.8. The monoisotopic (exact) mass is 386 g/mol. The summed E-state index contributed by atoms with van der Waals surface area (Å²) in [5, 5.41) is 14.9. The second kappa shape index (κ2) is 7.03. The minimum Gasteiger partial charge on any atom is -0.383 e. The van der Waals surface area contributed by atoms with E-state index in [2.05, 4.69) is 15.4 Å². The Morgan fingerprint density at radius 1 is 1.25 bits per heavy atom. The molecule has 2 aromatic heterocycles. The first-order valence-corrected chi connectivity index (χ1v) is 7.88. The molecular formula is C18H13F3N6O. The van der Waals surface area contributed by atoms with Crippen LogP contribution in [0.4, 0.5) is 24.8 Å². The standard InChI is InChI=1S/C18H13F3N6O/c1-27-13(8-14(26-27)18(19,20)21)12-5-6-15(24-16(12)23)25-17(28)11-4-2-3-10(7-11)9-22/h2-8H,1H3,(H3,23,24,25,28). The number of pyridine rings is 1. The molecule has 3 aromatic rings. The Labute approximate surface area is 157 Å². The van der Waals surface area contributed by atoms with Gasteiger partial charge in [0.15, 0.2) is 5.69 Å². The predicted octanol–water partition coefficient (Wildman–Crippen LogP) is 3.21. The van der Waals surface area contributed by atoms with Gasteiger partial charge in [0.25, 0.3) is 5.91 Å². The van der Waals surface area contributed by atoms with E-state index < -0.39 is 17.8 Å². The van der Waals surface area contributed by atoms with E-state index in [4.69, 9.17) is 11.0 Å². The summed E-state index contributed by atoms with van der Waals surface area (Å²) >= 11 is 0. The lowest BCUT2D eigenvalue weighted by Gasteiger charge is -2.09. The summed E-state index contributed by atoms with van der Waals surface area (Å²) in [6, 6.07) is 11.7. The van der Waals surface area contributed by atoms with E-state index in [0.717, 1.165) is 10.7 Å². The number of rotatable bonds is 3. The number of nitrogens with zero attached hydrogens (tertiary/aromatic N) is 4. The molecule has 3 rings (SSSR count). The van der Waals surface area contributed by atoms with Gasteiger partial charge >= 0.3 is 6.18 Å². The molecule has 3 N–H and O–H groups in total. The van der Waals surface area contributed by atoms with Gasteiger partial charge in [0, 0.05) is 18.2 Å². The van der Waals surface area contributed by atoms with E-state index in [0.29, 0.717) is 5.56 Å². The number of alkyl halides is 3. The average Bonchev–Trinajstić information content (AvgIpc) is 3.04. The lowest BCUT2D eigenvalue weighted by Crippen LogP contribution is -2.13. The normalized spacial score (nSPS) is 11.1. The summed E-state index contributed by atoms with van der Waals surface area (Å²) in [4.78, 5) is 16.3. The Morgan fingerprint density at radius 2 is 2.00 bits per heavy atom. The molecule has 0 fully saturated rings. The zero-order valence-electron chi connectivity index (χ0n) is 14.4. The summed E-state index contributed by atoms with van der Waals surface area (Å²) in [5.74, 6) is -0.455. The molecule has 7 nitrogen and oxygen atoms in total. The Balaban J connectivity index is 1.86. The summed E-state index contributed by atoms with van der Waals surface area (Å²) < 4.78 is 39.5. The number of carbonyl (C=O) groups is 1. The van der Waals surface area contributed by atoms with E-state index in [1.165, 1.54) is 31.3 Å². The van der Waals surface area contributed by atoms with Gasteiger partial charge in [-0.05, 0) is 36.4 Å². The van der Waals surface area contributed by atoms with Crippen molar-refractivity contribution in [3.05, 3.63) is 59.3 Å². The topological polar surface area (TPSA) is 110 Å². The molecule has 142 valence electrons. The van der Waals surface area contributed by atoms with E-state index in [-0.39, 0.29) is 28.5 Å². The number of nitrogens with one attached hydrogen (secondary N) is 1. The molecule has 1 aromatic carbocycles. The maximum Gasteiger partial charge on any atom is 0.435 e. The molecule has 10 heteroatoms. The molecular weight excluding hydrogens is 373 g/mol. The van der Waals surface area contributed by atoms with E-state index >= 15 is 0 Å². The molecule has 0 radical (unpaired) electrons. The Bertz CT molecular complexity index is 1100. The first kappa shape index (κ1) is 18.9. The van der Waals surface area contributed by atoms with Crippen LogP contribution in [0.5, 0.6) is 0 Å². The fourth-order valence-electron chi connectivity index (χ4n) is 2.54. The van der Waals surface area contributed by atoms with Crippen molar-refractivity contribution in [3.63, 3.8) is 0 Å². The molecule has 0 aliphatic heterocycles. The van der Waals surface area contributed by atoms with Crippen molar-refractivity contribution in [2.75, 3.05) is 11.1 Å². The number of benzene rings is 1. The fraction of sp³-hybridized carbons (Fsp3) is 0.111. The smallest absolute Gasteiger partial charge is 0.383 e. The summed E-state index contributed by atoms with van der Waals surface area (Å²) in [7, 11) is 1.36. The number of aromatic nitrogens is 3. The highest BCUT2D eigenvalue weighted by Gasteiger charge is 2.35. The highest BCUT2D eigenvalue weighted by Crippen LogP contribution is 2.33. The second-order valence-electron chi connectivity index (χ2n) is 5.81. The number of nitrogens with two attached hydrogens (primary N) is 1. The molecule has 0 unspecified atom stereocenters. The van der Waals surface area contributed by atoms with Crippen molar-refractivity contribution in [2.45, 2.75) is 6.18 Å². The maximum absolute atomic E-state index is 12.8. The van der Waals surface area contributed by atoms with Crippen LogP contribution in [0.15, 0.2) is 42.5 Å². The van der Waals surface area contributed by atoms with Gasteiger partial charge in [-0.3, -0.25) is 9.48 Å². The Morgan fingerprint density at radius 3 is 2.61 bits per heavy atom. The van der Waals surface area contributed by atoms with Crippen LogP contribution in [0.25, 0.3) is 11.3 Å². The van der Waals surface area contributed by atoms with Crippen LogP contribution in [0.2, 0.25) is 0 Å². The van der Waals surface area contributed by atoms with Gasteiger partial charge in [-0.1, -0.05) is 6.07 Å². The SMILES string of the molecule is Cn1nc(C(F)(F)F)cc1-c1ccc(NC(=O)c2cccc(C#N)c2)nc1N. The second-order valence-corrected chi connectivity index (χ2v) is 5.81. The molecule has 0 atom stereocenters. The van der Waals surface area contributed by atoms with Crippen LogP contribution in [-0.4, -0.2) is 20.7 Å². The number of carbonyl (C=O) groups excluding carboxylic acids is 1. The van der Waals surface area contributed by atoms with Crippen molar-refractivity contribution in [1.29, 1.82) is 5.26 Å². The van der Waals surface area contributed by atoms with Crippen LogP contribution >= 0.6 is 0 Å². The van der Waals surface area contributed by atoms with E-state index in [9.17, 15) is 18.0 Å². The molecule has 0 spiro atoms. The summed E-state index contributed by atoms with van der Waals surface area (Å²) in [6.07, 6.45) is -4.58. The van der Waals surface area contributed by atoms with Crippen molar-refractivity contribution in [3.8, 4) is 17.3 Å². The van der Waals surface area contributed by atoms with Crippen molar-refractivity contribution >= 4 is 17.5 Å². The zero-order chi connectivity index (χ0) is 20.5. The number of nitrogen functional groups attached to an aromatic ring is 1. The lowest BCUT2D eigenvalue weighted by atomic mass is 10.1. The molecule has 1 amide bonds. The van der Waals surface area contributed by atoms with Crippen LogP contribution < -0.4 is 11.1 Å². The quantitative estimate of drug-likeness (QED) is 0.718. The van der Waals surface area contributed by atoms with Gasteiger partial charge in [-0.15, -0.1) is 0 Å². The lowest BCUT2D eigenvalue weighted by molar-refractivity contribution is -0.141. The van der Waals surface area contributed by atoms with E-state index in [1.807, 2.05) is 6.07 Å². The summed E-state index contributed by atoms with van der Waals surface area (Å²) in [6.45, 7) is 0. The van der Waals surface area contributed by atoms with Crippen molar-refractivity contribution in [1.82, 2.24) is 14.8 Å². The summed E-state index contributed by atoms with van der Waals surface area (Å²) in [5.41, 5.74) is 5.79. The van der Waals surface area contributed by atoms with Gasteiger partial charge in [-0.2, -0.15) is 23.5 Å². The molecule has 0 saturated carbocycles. The molecule has 0 aliphatic carbocycles. The number of aryl methyl sites for hydroxylation is 1. The number of nitriles is 1. The van der Waals surface area contributed by atoms with Gasteiger partial charge in [0.1, 0.15) is 11.6 Å². The van der Waals surface area contributed by atoms with Crippen LogP contribution in [-0.2, 0) is 13.2 Å². The molecule has 0 aliphatic rings. The first-order valence-electron chi connectivity index (χ1n) is 7.88. The predicted molar refractivity (Wildman–Crippen MR) is 95.0 cm³/mol. The van der Waals surface area contributed by atoms with Crippen LogP contribution in [0, 0.1) is 11.3 Å². The number of amides is 1. The molecule has 28 heavy (non-hydrogen) atoms. The largest absolute Gasteiger partial charge is 0.435 e. The highest BCUT2D eigenvalue weighted by atomic mass is 19.4. The van der Waals surface area contributed by atoms with Crippen molar-refractivity contribution < 1.29 is 18.0 Å². The number of hydrogen-bond acceptors (Lipinski definition) is 5. The number of halogens is 3. The van der Waals surface area contributed by atoms with Gasteiger partial charge in [0.05, 0.1) is 17.3 Å². The third-order valence-electron chi connectivity index (χ3n) is 3.87. The van der Waals surface area contributed by atoms with Gasteiger partial charge in [0.2, 0.25) is 0 Å². The van der Waals surface area contributed by atoms with Gasteiger partial charge in [-0.25, -0.2) is 4.98 Å². The first-order chi connectivity index (χ1) is 13.2. The van der Waals surface area contributed by atoms with E-state index in [1.54, 1.807) is 12.1 Å². The molecule has 0 saturated heterocycles. The number of anilines is 2. The van der Waals surface area contributed by atoms with Gasteiger partial charge < -0.3 is 11.1 Å². The Hall–Kier alpha value is -3.87. The third kappa shape index (κ3) is 3.78. The average molecular weight is 386 g/mol. The fourth-order valence-corrected chi connectivity index (χ4v) is 2.54. The minimum atomic E-state index is -4.58. The van der Waals surface area contributed by atoms with Crippen molar-refractivity contribution in [2.24, 2.45) is 7.05 Å². The Kier molecular flexibility index (Phi) is 4.75. The number of hydrogen-bond donors (Lipinski definition) is 2. The molecule has 0 bridgehead atoms. The van der Waals surface area contributed by atoms with Crippen LogP contribution in [0.1, 0.15) is 21.6 Å². The molecule has 2 heterocycles. The minimum absolute atomic E-state index is 0.0692. The van der Waals surface area contributed by atoms with Crippen LogP contribution in [0.3, 0.4) is 0 Å². The zero-order valence-corrected chi connectivity index (χ0v) is 14.4. The highest BCUT2D eigenvalue weighted by molar-refractivity contribution is 6.04.